The maximum Gasteiger partial charge on any atom is 0.0795 e. The second kappa shape index (κ2) is 8.70. The zero-order chi connectivity index (χ0) is 31.1. The van der Waals surface area contributed by atoms with Crippen molar-refractivity contribution < 1.29 is 0 Å². The van der Waals surface area contributed by atoms with Crippen molar-refractivity contribution >= 4 is 103 Å². The molecule has 0 unspecified atom stereocenters. The largest absolute Gasteiger partial charge is 0.307 e. The van der Waals surface area contributed by atoms with E-state index in [9.17, 15) is 0 Å². The van der Waals surface area contributed by atoms with Crippen molar-refractivity contribution in [3.63, 3.8) is 0 Å². The van der Waals surface area contributed by atoms with Crippen LogP contribution in [0.4, 0.5) is 0 Å². The highest BCUT2D eigenvalue weighted by atomic mass is 15.0. The van der Waals surface area contributed by atoms with Crippen molar-refractivity contribution in [3.8, 4) is 5.69 Å². The summed E-state index contributed by atoms with van der Waals surface area (Å²) in [4.78, 5) is 0. The second-order valence-corrected chi connectivity index (χ2v) is 13.2. The van der Waals surface area contributed by atoms with Crippen LogP contribution in [0.2, 0.25) is 0 Å². The number of para-hydroxylation sites is 3. The van der Waals surface area contributed by atoms with Gasteiger partial charge >= 0.3 is 0 Å². The van der Waals surface area contributed by atoms with E-state index in [4.69, 9.17) is 0 Å². The van der Waals surface area contributed by atoms with Gasteiger partial charge < -0.3 is 8.97 Å². The maximum atomic E-state index is 2.56. The van der Waals surface area contributed by atoms with Crippen LogP contribution in [0.1, 0.15) is 0 Å². The van der Waals surface area contributed by atoms with Gasteiger partial charge in [0.1, 0.15) is 0 Å². The van der Waals surface area contributed by atoms with E-state index in [0.717, 1.165) is 0 Å². The van der Waals surface area contributed by atoms with Crippen LogP contribution >= 0.6 is 0 Å². The number of fused-ring (bicyclic) bond motifs is 19. The zero-order valence-corrected chi connectivity index (χ0v) is 25.9. The molecule has 2 heteroatoms. The minimum atomic E-state index is 1.18. The fraction of sp³-hybridized carbons (Fsp3) is 0. The van der Waals surface area contributed by atoms with Crippen molar-refractivity contribution in [1.29, 1.82) is 0 Å². The molecule has 0 saturated heterocycles. The lowest BCUT2D eigenvalue weighted by molar-refractivity contribution is 1.19. The van der Waals surface area contributed by atoms with E-state index in [-0.39, 0.29) is 0 Å². The first kappa shape index (κ1) is 24.8. The van der Waals surface area contributed by atoms with E-state index in [0.29, 0.717) is 0 Å². The standard InChI is InChI=1S/C46H26N2/c1-2-14-30-28(12-1)29-13-3-4-15-31(29)39-26-27(24-25-32(30)39)47-41-23-10-8-19-37(41)42-34-17-5-6-18-35(34)43-38-21-11-20-36-33-16-7-9-22-40(33)48(44(36)38)46(43)45(42)47/h1-26H. The lowest BCUT2D eigenvalue weighted by Crippen LogP contribution is -1.96. The van der Waals surface area contributed by atoms with Crippen LogP contribution in [0, 0.1) is 0 Å². The first-order chi connectivity index (χ1) is 23.9. The monoisotopic (exact) mass is 606 g/mol. The van der Waals surface area contributed by atoms with Crippen LogP contribution in [0.15, 0.2) is 158 Å². The number of aromatic nitrogens is 2. The van der Waals surface area contributed by atoms with Crippen molar-refractivity contribution in [3.05, 3.63) is 158 Å². The minimum Gasteiger partial charge on any atom is -0.307 e. The summed E-state index contributed by atoms with van der Waals surface area (Å²) in [5.41, 5.74) is 7.49. The van der Waals surface area contributed by atoms with Gasteiger partial charge in [-0.15, -0.1) is 0 Å². The Morgan fingerprint density at radius 1 is 0.271 bits per heavy atom. The molecule has 3 heterocycles. The summed E-state index contributed by atoms with van der Waals surface area (Å²) in [5, 5.41) is 18.2. The van der Waals surface area contributed by atoms with Crippen LogP contribution in [0.5, 0.6) is 0 Å². The Hall–Kier alpha value is -6.38. The van der Waals surface area contributed by atoms with Crippen molar-refractivity contribution in [2.24, 2.45) is 0 Å². The molecule has 2 nitrogen and oxygen atoms in total. The summed E-state index contributed by atoms with van der Waals surface area (Å²) in [6.45, 7) is 0. The van der Waals surface area contributed by atoms with E-state index in [1.807, 2.05) is 0 Å². The third kappa shape index (κ3) is 2.86. The van der Waals surface area contributed by atoms with Gasteiger partial charge in [-0.1, -0.05) is 133 Å². The predicted octanol–water partition coefficient (Wildman–Crippen LogP) is 12.5. The molecule has 0 spiro atoms. The van der Waals surface area contributed by atoms with Crippen LogP contribution in [-0.4, -0.2) is 8.97 Å². The summed E-state index contributed by atoms with van der Waals surface area (Å²) in [6.07, 6.45) is 0. The summed E-state index contributed by atoms with van der Waals surface area (Å²) in [5.74, 6) is 0. The first-order valence-corrected chi connectivity index (χ1v) is 16.7. The van der Waals surface area contributed by atoms with Crippen molar-refractivity contribution in [2.45, 2.75) is 0 Å². The Kier molecular flexibility index (Phi) is 4.49. The van der Waals surface area contributed by atoms with Crippen LogP contribution < -0.4 is 0 Å². The van der Waals surface area contributed by atoms with Gasteiger partial charge in [0.25, 0.3) is 0 Å². The molecule has 220 valence electrons. The van der Waals surface area contributed by atoms with Crippen LogP contribution in [-0.2, 0) is 0 Å². The molecule has 12 aromatic rings. The lowest BCUT2D eigenvalue weighted by atomic mass is 9.94. The van der Waals surface area contributed by atoms with E-state index >= 15 is 0 Å². The van der Waals surface area contributed by atoms with Gasteiger partial charge in [0.05, 0.1) is 27.6 Å². The van der Waals surface area contributed by atoms with Crippen molar-refractivity contribution in [2.75, 3.05) is 0 Å². The molecule has 0 atom stereocenters. The Morgan fingerprint density at radius 3 is 1.44 bits per heavy atom. The molecule has 48 heavy (non-hydrogen) atoms. The Balaban J connectivity index is 1.37. The molecule has 0 amide bonds. The molecular formula is C46H26N2. The molecule has 12 rings (SSSR count). The molecule has 9 aromatic carbocycles. The average Bonchev–Trinajstić information content (AvgIpc) is 3.81. The van der Waals surface area contributed by atoms with Crippen LogP contribution in [0.25, 0.3) is 109 Å². The molecule has 0 aliphatic carbocycles. The van der Waals surface area contributed by atoms with E-state index in [1.54, 1.807) is 0 Å². The van der Waals surface area contributed by atoms with Crippen LogP contribution in [0.3, 0.4) is 0 Å². The molecule has 0 radical (unpaired) electrons. The molecule has 0 aliphatic rings. The summed E-state index contributed by atoms with van der Waals surface area (Å²) in [6, 6.07) is 58.6. The normalized spacial score (nSPS) is 12.6. The molecule has 3 aromatic heterocycles. The molecule has 0 fully saturated rings. The fourth-order valence-corrected chi connectivity index (χ4v) is 9.15. The van der Waals surface area contributed by atoms with Gasteiger partial charge in [-0.2, -0.15) is 0 Å². The third-order valence-corrected chi connectivity index (χ3v) is 11.0. The van der Waals surface area contributed by atoms with E-state index < -0.39 is 0 Å². The summed E-state index contributed by atoms with van der Waals surface area (Å²) in [7, 11) is 0. The topological polar surface area (TPSA) is 9.34 Å². The fourth-order valence-electron chi connectivity index (χ4n) is 9.15. The summed E-state index contributed by atoms with van der Waals surface area (Å²) < 4.78 is 5.11. The lowest BCUT2D eigenvalue weighted by Gasteiger charge is -2.15. The third-order valence-electron chi connectivity index (χ3n) is 11.0. The molecule has 0 N–H and O–H groups in total. The van der Waals surface area contributed by atoms with Gasteiger partial charge in [0, 0.05) is 38.0 Å². The molecule has 0 saturated carbocycles. The van der Waals surface area contributed by atoms with Crippen molar-refractivity contribution in [1.82, 2.24) is 8.97 Å². The minimum absolute atomic E-state index is 1.18. The number of benzene rings is 9. The van der Waals surface area contributed by atoms with Gasteiger partial charge in [0.15, 0.2) is 0 Å². The van der Waals surface area contributed by atoms with E-state index in [1.165, 1.54) is 109 Å². The second-order valence-electron chi connectivity index (χ2n) is 13.2. The number of hydrogen-bond donors (Lipinski definition) is 0. The summed E-state index contributed by atoms with van der Waals surface area (Å²) >= 11 is 0. The Labute approximate surface area is 274 Å². The highest BCUT2D eigenvalue weighted by molar-refractivity contribution is 6.39. The van der Waals surface area contributed by atoms with E-state index in [2.05, 4.69) is 167 Å². The highest BCUT2D eigenvalue weighted by Gasteiger charge is 2.25. The quantitative estimate of drug-likeness (QED) is 0.164. The SMILES string of the molecule is c1ccc2c(c1)c1ccccc1c1cc(-n3c4ccccc4c4c5ccccc5c5c6cccc7c8ccccc8n(c76)c5c43)ccc21. The van der Waals surface area contributed by atoms with Gasteiger partial charge in [0.2, 0.25) is 0 Å². The molecular weight excluding hydrogens is 581 g/mol. The van der Waals surface area contributed by atoms with Gasteiger partial charge in [-0.05, 0) is 67.4 Å². The molecule has 0 bridgehead atoms. The number of nitrogens with zero attached hydrogens (tertiary/aromatic N) is 2. The number of hydrogen-bond acceptors (Lipinski definition) is 0. The predicted molar refractivity (Wildman–Crippen MR) is 205 cm³/mol. The maximum absolute atomic E-state index is 2.56. The van der Waals surface area contributed by atoms with Gasteiger partial charge in [-0.25, -0.2) is 0 Å². The Bertz CT molecular complexity index is 3300. The average molecular weight is 607 g/mol. The first-order valence-electron chi connectivity index (χ1n) is 16.7. The molecule has 0 aliphatic heterocycles. The highest BCUT2D eigenvalue weighted by Crippen LogP contribution is 2.48. The zero-order valence-electron chi connectivity index (χ0n) is 25.9. The Morgan fingerprint density at radius 2 is 0.750 bits per heavy atom. The smallest absolute Gasteiger partial charge is 0.0795 e. The van der Waals surface area contributed by atoms with Gasteiger partial charge in [-0.3, -0.25) is 0 Å². The number of rotatable bonds is 1.